The Bertz CT molecular complexity index is 461. The number of benzene rings is 1. The van der Waals surface area contributed by atoms with Gasteiger partial charge in [-0.05, 0) is 37.1 Å². The van der Waals surface area contributed by atoms with Gasteiger partial charge in [0.25, 0.3) is 5.91 Å². The lowest BCUT2D eigenvalue weighted by Gasteiger charge is -2.16. The molecule has 2 atom stereocenters. The quantitative estimate of drug-likeness (QED) is 0.797. The topological polar surface area (TPSA) is 75.6 Å². The fraction of sp³-hybridized carbons (Fsp3) is 0.429. The van der Waals surface area contributed by atoms with E-state index in [1.165, 1.54) is 0 Å². The van der Waals surface area contributed by atoms with Gasteiger partial charge in [0.1, 0.15) is 5.75 Å². The number of carbonyl (C=O) groups is 2. The number of amides is 1. The number of carboxylic acids is 1. The average molecular weight is 344 g/mol. The molecule has 1 rings (SSSR count). The van der Waals surface area contributed by atoms with Crippen LogP contribution in [0.4, 0.5) is 0 Å². The van der Waals surface area contributed by atoms with Gasteiger partial charge in [0, 0.05) is 17.4 Å². The molecule has 5 nitrogen and oxygen atoms in total. The second kappa shape index (κ2) is 7.89. The van der Waals surface area contributed by atoms with Gasteiger partial charge in [0.2, 0.25) is 0 Å². The van der Waals surface area contributed by atoms with Crippen LogP contribution >= 0.6 is 15.9 Å². The second-order valence-corrected chi connectivity index (χ2v) is 5.58. The van der Waals surface area contributed by atoms with Crippen LogP contribution in [-0.4, -0.2) is 29.6 Å². The molecule has 0 radical (unpaired) electrons. The first-order chi connectivity index (χ1) is 9.38. The zero-order chi connectivity index (χ0) is 15.1. The van der Waals surface area contributed by atoms with E-state index in [0.717, 1.165) is 4.47 Å². The predicted octanol–water partition coefficient (Wildman–Crippen LogP) is 2.44. The standard InChI is InChI=1S/C14H18BrNO4/c1-9(7-13(17)18)8-16-14(19)10(2)20-12-5-3-11(15)4-6-12/h3-6,9-10H,7-8H2,1-2H3,(H,16,19)(H,17,18). The van der Waals surface area contributed by atoms with E-state index in [0.29, 0.717) is 12.3 Å². The van der Waals surface area contributed by atoms with Crippen LogP contribution in [-0.2, 0) is 9.59 Å². The minimum Gasteiger partial charge on any atom is -0.481 e. The Kier molecular flexibility index (Phi) is 6.51. The molecule has 0 fully saturated rings. The summed E-state index contributed by atoms with van der Waals surface area (Å²) in [6.07, 6.45) is -0.601. The normalized spacial score (nSPS) is 13.3. The van der Waals surface area contributed by atoms with Crippen LogP contribution in [0, 0.1) is 5.92 Å². The Morgan fingerprint density at radius 2 is 1.90 bits per heavy atom. The van der Waals surface area contributed by atoms with Crippen LogP contribution in [0.3, 0.4) is 0 Å². The van der Waals surface area contributed by atoms with Gasteiger partial charge in [0.15, 0.2) is 6.10 Å². The third-order valence-corrected chi connectivity index (χ3v) is 3.17. The van der Waals surface area contributed by atoms with Crippen molar-refractivity contribution in [2.75, 3.05) is 6.54 Å². The van der Waals surface area contributed by atoms with Crippen molar-refractivity contribution in [1.29, 1.82) is 0 Å². The van der Waals surface area contributed by atoms with Crippen molar-refractivity contribution in [1.82, 2.24) is 5.32 Å². The highest BCUT2D eigenvalue weighted by Gasteiger charge is 2.16. The van der Waals surface area contributed by atoms with Crippen molar-refractivity contribution in [2.24, 2.45) is 5.92 Å². The number of nitrogens with one attached hydrogen (secondary N) is 1. The van der Waals surface area contributed by atoms with E-state index in [4.69, 9.17) is 9.84 Å². The molecule has 0 aliphatic heterocycles. The summed E-state index contributed by atoms with van der Waals surface area (Å²) in [4.78, 5) is 22.3. The van der Waals surface area contributed by atoms with Gasteiger partial charge in [-0.15, -0.1) is 0 Å². The highest BCUT2D eigenvalue weighted by atomic mass is 79.9. The lowest BCUT2D eigenvalue weighted by atomic mass is 10.1. The monoisotopic (exact) mass is 343 g/mol. The molecule has 0 saturated carbocycles. The molecule has 2 N–H and O–H groups in total. The second-order valence-electron chi connectivity index (χ2n) is 4.66. The minimum absolute atomic E-state index is 0.0300. The molecular formula is C14H18BrNO4. The van der Waals surface area contributed by atoms with Gasteiger partial charge >= 0.3 is 5.97 Å². The maximum absolute atomic E-state index is 11.8. The van der Waals surface area contributed by atoms with E-state index in [1.807, 2.05) is 12.1 Å². The van der Waals surface area contributed by atoms with Crippen LogP contribution in [0.25, 0.3) is 0 Å². The van der Waals surface area contributed by atoms with Crippen molar-refractivity contribution in [3.05, 3.63) is 28.7 Å². The SMILES string of the molecule is CC(CNC(=O)C(C)Oc1ccc(Br)cc1)CC(=O)O. The Morgan fingerprint density at radius 1 is 1.30 bits per heavy atom. The van der Waals surface area contributed by atoms with Crippen molar-refractivity contribution >= 4 is 27.8 Å². The van der Waals surface area contributed by atoms with E-state index in [9.17, 15) is 9.59 Å². The third kappa shape index (κ3) is 6.06. The smallest absolute Gasteiger partial charge is 0.303 e. The summed E-state index contributed by atoms with van der Waals surface area (Å²) in [6, 6.07) is 7.19. The van der Waals surface area contributed by atoms with Crippen LogP contribution < -0.4 is 10.1 Å². The molecule has 0 saturated heterocycles. The zero-order valence-electron chi connectivity index (χ0n) is 11.4. The molecule has 6 heteroatoms. The summed E-state index contributed by atoms with van der Waals surface area (Å²) in [5.74, 6) is -0.637. The van der Waals surface area contributed by atoms with Gasteiger partial charge in [-0.25, -0.2) is 0 Å². The van der Waals surface area contributed by atoms with E-state index >= 15 is 0 Å². The molecule has 2 unspecified atom stereocenters. The molecule has 0 heterocycles. The summed E-state index contributed by atoms with van der Waals surface area (Å²) in [5.41, 5.74) is 0. The first-order valence-electron chi connectivity index (χ1n) is 6.30. The number of carbonyl (C=O) groups excluding carboxylic acids is 1. The van der Waals surface area contributed by atoms with Crippen molar-refractivity contribution in [3.8, 4) is 5.75 Å². The Balaban J connectivity index is 2.39. The number of rotatable bonds is 7. The number of ether oxygens (including phenoxy) is 1. The molecule has 110 valence electrons. The van der Waals surface area contributed by atoms with E-state index in [2.05, 4.69) is 21.2 Å². The van der Waals surface area contributed by atoms with Gasteiger partial charge in [0.05, 0.1) is 0 Å². The van der Waals surface area contributed by atoms with Gasteiger partial charge in [-0.3, -0.25) is 9.59 Å². The number of hydrogen-bond donors (Lipinski definition) is 2. The fourth-order valence-electron chi connectivity index (χ4n) is 1.56. The molecule has 1 aromatic carbocycles. The molecule has 0 aliphatic rings. The van der Waals surface area contributed by atoms with E-state index < -0.39 is 12.1 Å². The Morgan fingerprint density at radius 3 is 2.45 bits per heavy atom. The van der Waals surface area contributed by atoms with Crippen LogP contribution in [0.1, 0.15) is 20.3 Å². The maximum atomic E-state index is 11.8. The molecule has 20 heavy (non-hydrogen) atoms. The van der Waals surface area contributed by atoms with Crippen molar-refractivity contribution in [3.63, 3.8) is 0 Å². The lowest BCUT2D eigenvalue weighted by Crippen LogP contribution is -2.38. The average Bonchev–Trinajstić information content (AvgIpc) is 2.37. The molecular weight excluding hydrogens is 326 g/mol. The zero-order valence-corrected chi connectivity index (χ0v) is 13.0. The van der Waals surface area contributed by atoms with Crippen LogP contribution in [0.2, 0.25) is 0 Å². The van der Waals surface area contributed by atoms with Gasteiger partial charge in [-0.1, -0.05) is 22.9 Å². The Hall–Kier alpha value is -1.56. The first-order valence-corrected chi connectivity index (χ1v) is 7.09. The van der Waals surface area contributed by atoms with Crippen molar-refractivity contribution < 1.29 is 19.4 Å². The highest BCUT2D eigenvalue weighted by Crippen LogP contribution is 2.17. The number of hydrogen-bond acceptors (Lipinski definition) is 3. The summed E-state index contributed by atoms with van der Waals surface area (Å²) < 4.78 is 6.43. The molecule has 0 aromatic heterocycles. The number of halogens is 1. The molecule has 0 aliphatic carbocycles. The summed E-state index contributed by atoms with van der Waals surface area (Å²) in [7, 11) is 0. The fourth-order valence-corrected chi connectivity index (χ4v) is 1.82. The van der Waals surface area contributed by atoms with Crippen LogP contribution in [0.15, 0.2) is 28.7 Å². The number of carboxylic acid groups (broad SMARTS) is 1. The summed E-state index contributed by atoms with van der Waals surface area (Å²) >= 11 is 3.32. The summed E-state index contributed by atoms with van der Waals surface area (Å²) in [6.45, 7) is 3.74. The first kappa shape index (κ1) is 16.5. The van der Waals surface area contributed by atoms with Crippen molar-refractivity contribution in [2.45, 2.75) is 26.4 Å². The van der Waals surface area contributed by atoms with E-state index in [1.54, 1.807) is 26.0 Å². The largest absolute Gasteiger partial charge is 0.481 e. The van der Waals surface area contributed by atoms with E-state index in [-0.39, 0.29) is 18.2 Å². The number of aliphatic carboxylic acids is 1. The maximum Gasteiger partial charge on any atom is 0.303 e. The van der Waals surface area contributed by atoms with Gasteiger partial charge < -0.3 is 15.2 Å². The molecule has 1 aromatic rings. The lowest BCUT2D eigenvalue weighted by molar-refractivity contribution is -0.138. The molecule has 0 spiro atoms. The summed E-state index contributed by atoms with van der Waals surface area (Å²) in [5, 5.41) is 11.3. The molecule has 1 amide bonds. The highest BCUT2D eigenvalue weighted by molar-refractivity contribution is 9.10. The van der Waals surface area contributed by atoms with Gasteiger partial charge in [-0.2, -0.15) is 0 Å². The van der Waals surface area contributed by atoms with Crippen LogP contribution in [0.5, 0.6) is 5.75 Å². The third-order valence-electron chi connectivity index (χ3n) is 2.64. The minimum atomic E-state index is -0.870. The Labute approximate surface area is 126 Å². The molecule has 0 bridgehead atoms. The predicted molar refractivity (Wildman–Crippen MR) is 78.7 cm³/mol.